The van der Waals surface area contributed by atoms with E-state index in [1.54, 1.807) is 0 Å². The van der Waals surface area contributed by atoms with E-state index in [9.17, 15) is 10.2 Å². The molecule has 2 rings (SSSR count). The highest BCUT2D eigenvalue weighted by molar-refractivity contribution is 5.86. The summed E-state index contributed by atoms with van der Waals surface area (Å²) in [6.45, 7) is 21.4. The van der Waals surface area contributed by atoms with Gasteiger partial charge in [-0.15, -0.1) is 62.8 Å². The van der Waals surface area contributed by atoms with E-state index in [0.717, 1.165) is 59.6 Å². The summed E-state index contributed by atoms with van der Waals surface area (Å²) in [4.78, 5) is 4.59. The summed E-state index contributed by atoms with van der Waals surface area (Å²) in [6.07, 6.45) is 4.86. The molecule has 0 bridgehead atoms. The lowest BCUT2D eigenvalue weighted by Crippen LogP contribution is -2.22. The summed E-state index contributed by atoms with van der Waals surface area (Å²) >= 11 is 0. The van der Waals surface area contributed by atoms with E-state index in [0.29, 0.717) is 37.4 Å². The van der Waals surface area contributed by atoms with Crippen LogP contribution in [0, 0.1) is 0 Å². The number of nitrogens with zero attached hydrogens (tertiary/aromatic N) is 2. The molecule has 0 aliphatic heterocycles. The smallest absolute Gasteiger partial charge is 0.123 e. The summed E-state index contributed by atoms with van der Waals surface area (Å²) < 4.78 is 0. The predicted octanol–water partition coefficient (Wildman–Crippen LogP) is 7.59. The van der Waals surface area contributed by atoms with Gasteiger partial charge in [-0.1, -0.05) is 39.8 Å². The molecule has 206 valence electrons. The van der Waals surface area contributed by atoms with Gasteiger partial charge in [-0.2, -0.15) is 0 Å². The molecule has 0 spiro atoms. The molecule has 0 saturated heterocycles. The lowest BCUT2D eigenvalue weighted by atomic mass is 9.93. The number of hydrogen-bond acceptors (Lipinski definition) is 4. The van der Waals surface area contributed by atoms with Gasteiger partial charge in [0.1, 0.15) is 11.5 Å². The highest BCUT2D eigenvalue weighted by atomic mass is 35.5. The molecule has 0 saturated carbocycles. The second-order valence-electron chi connectivity index (χ2n) is 8.19. The standard InChI is InChI=1S/C28H40N2O2.4ClH/c1-7-13-21-15-23(17-25(27(21)31)19-29(9-3)10-4)24-16-22(14-8-2)28(32)26(18-24)20-30(11-5)12-6;;;;/h7-8,15-18,31-32H,1-2,9-14,19-20H2,3-6H3;4*1H. The maximum atomic E-state index is 10.9. The summed E-state index contributed by atoms with van der Waals surface area (Å²) in [6, 6.07) is 8.28. The van der Waals surface area contributed by atoms with Crippen LogP contribution in [0.15, 0.2) is 49.6 Å². The van der Waals surface area contributed by atoms with Crippen molar-refractivity contribution in [1.82, 2.24) is 9.80 Å². The number of hydrogen-bond donors (Lipinski definition) is 2. The third-order valence-electron chi connectivity index (χ3n) is 6.17. The highest BCUT2D eigenvalue weighted by Crippen LogP contribution is 2.36. The van der Waals surface area contributed by atoms with Gasteiger partial charge in [-0.3, -0.25) is 9.80 Å². The van der Waals surface area contributed by atoms with Gasteiger partial charge >= 0.3 is 0 Å². The van der Waals surface area contributed by atoms with Gasteiger partial charge in [0.05, 0.1) is 0 Å². The van der Waals surface area contributed by atoms with Crippen LogP contribution in [-0.2, 0) is 25.9 Å². The SMILES string of the molecule is C=CCc1cc(-c2cc(CC=C)c(O)c(CN(CC)CC)c2)cc(CN(CC)CC)c1O.Cl.Cl.Cl.Cl. The Morgan fingerprint density at radius 1 is 0.583 bits per heavy atom. The summed E-state index contributed by atoms with van der Waals surface area (Å²) in [7, 11) is 0. The maximum absolute atomic E-state index is 10.9. The average molecular weight is 582 g/mol. The van der Waals surface area contributed by atoms with E-state index in [-0.39, 0.29) is 49.6 Å². The molecular formula is C28H44Cl4N2O2. The van der Waals surface area contributed by atoms with Crippen LogP contribution < -0.4 is 0 Å². The first-order valence-electron chi connectivity index (χ1n) is 11.8. The Morgan fingerprint density at radius 3 is 1.11 bits per heavy atom. The van der Waals surface area contributed by atoms with Crippen molar-refractivity contribution in [3.8, 4) is 22.6 Å². The van der Waals surface area contributed by atoms with Gasteiger partial charge in [0, 0.05) is 24.2 Å². The fraction of sp³-hybridized carbons (Fsp3) is 0.429. The Bertz CT molecular complexity index is 855. The van der Waals surface area contributed by atoms with E-state index >= 15 is 0 Å². The topological polar surface area (TPSA) is 46.9 Å². The van der Waals surface area contributed by atoms with Gasteiger partial charge in [-0.05, 0) is 85.5 Å². The van der Waals surface area contributed by atoms with Gasteiger partial charge < -0.3 is 10.2 Å². The fourth-order valence-corrected chi connectivity index (χ4v) is 4.09. The molecule has 0 aliphatic carbocycles. The monoisotopic (exact) mass is 580 g/mol. The van der Waals surface area contributed by atoms with E-state index in [4.69, 9.17) is 0 Å². The van der Waals surface area contributed by atoms with Crippen molar-refractivity contribution >= 4 is 49.6 Å². The van der Waals surface area contributed by atoms with E-state index in [2.05, 4.69) is 62.8 Å². The van der Waals surface area contributed by atoms with Crippen LogP contribution in [-0.4, -0.2) is 46.2 Å². The first kappa shape index (κ1) is 39.1. The molecule has 0 unspecified atom stereocenters. The number of phenolic OH excluding ortho intramolecular Hbond substituents is 2. The van der Waals surface area contributed by atoms with Crippen molar-refractivity contribution in [1.29, 1.82) is 0 Å². The van der Waals surface area contributed by atoms with Gasteiger partial charge in [0.25, 0.3) is 0 Å². The van der Waals surface area contributed by atoms with Crippen molar-refractivity contribution in [3.05, 3.63) is 71.8 Å². The van der Waals surface area contributed by atoms with Gasteiger partial charge in [0.15, 0.2) is 0 Å². The number of halogens is 4. The molecule has 2 aromatic rings. The molecule has 2 aromatic carbocycles. The molecule has 0 atom stereocenters. The van der Waals surface area contributed by atoms with Crippen LogP contribution in [0.3, 0.4) is 0 Å². The van der Waals surface area contributed by atoms with Crippen molar-refractivity contribution in [2.24, 2.45) is 0 Å². The minimum Gasteiger partial charge on any atom is -0.507 e. The average Bonchev–Trinajstić information content (AvgIpc) is 2.80. The molecule has 0 amide bonds. The molecule has 0 aliphatic rings. The lowest BCUT2D eigenvalue weighted by Gasteiger charge is -2.22. The van der Waals surface area contributed by atoms with E-state index in [1.165, 1.54) is 0 Å². The van der Waals surface area contributed by atoms with Crippen LogP contribution in [0.25, 0.3) is 11.1 Å². The number of allylic oxidation sites excluding steroid dienone is 2. The van der Waals surface area contributed by atoms with Crippen molar-refractivity contribution in [2.45, 2.75) is 53.6 Å². The van der Waals surface area contributed by atoms with Crippen molar-refractivity contribution in [3.63, 3.8) is 0 Å². The number of rotatable bonds is 13. The Balaban J connectivity index is -0.00000272. The van der Waals surface area contributed by atoms with Crippen LogP contribution in [0.4, 0.5) is 0 Å². The zero-order valence-corrected chi connectivity index (χ0v) is 25.2. The minimum absolute atomic E-state index is 0. The number of phenols is 2. The summed E-state index contributed by atoms with van der Waals surface area (Å²) in [5.41, 5.74) is 5.70. The predicted molar refractivity (Wildman–Crippen MR) is 165 cm³/mol. The zero-order valence-electron chi connectivity index (χ0n) is 22.0. The number of aromatic hydroxyl groups is 2. The normalized spacial score (nSPS) is 10.1. The van der Waals surface area contributed by atoms with Gasteiger partial charge in [-0.25, -0.2) is 0 Å². The Morgan fingerprint density at radius 2 is 0.861 bits per heavy atom. The third kappa shape index (κ3) is 10.2. The Labute approximate surface area is 243 Å². The van der Waals surface area contributed by atoms with Crippen molar-refractivity contribution < 1.29 is 10.2 Å². The van der Waals surface area contributed by atoms with Crippen LogP contribution in [0.1, 0.15) is 49.9 Å². The second kappa shape index (κ2) is 19.7. The zero-order chi connectivity index (χ0) is 23.7. The largest absolute Gasteiger partial charge is 0.507 e. The fourth-order valence-electron chi connectivity index (χ4n) is 4.09. The molecule has 0 heterocycles. The molecule has 2 N–H and O–H groups in total. The highest BCUT2D eigenvalue weighted by Gasteiger charge is 2.16. The van der Waals surface area contributed by atoms with E-state index in [1.807, 2.05) is 24.3 Å². The maximum Gasteiger partial charge on any atom is 0.123 e. The molecule has 0 radical (unpaired) electrons. The van der Waals surface area contributed by atoms with Crippen LogP contribution in [0.2, 0.25) is 0 Å². The first-order valence-corrected chi connectivity index (χ1v) is 11.8. The molecule has 0 fully saturated rings. The molecule has 36 heavy (non-hydrogen) atoms. The van der Waals surface area contributed by atoms with Crippen LogP contribution >= 0.6 is 49.6 Å². The minimum atomic E-state index is 0. The number of benzene rings is 2. The molecule has 4 nitrogen and oxygen atoms in total. The second-order valence-corrected chi connectivity index (χ2v) is 8.19. The summed E-state index contributed by atoms with van der Waals surface area (Å²) in [5, 5.41) is 21.8. The molecule has 0 aromatic heterocycles. The van der Waals surface area contributed by atoms with Crippen molar-refractivity contribution in [2.75, 3.05) is 26.2 Å². The molecule has 8 heteroatoms. The summed E-state index contributed by atoms with van der Waals surface area (Å²) in [5.74, 6) is 0.711. The lowest BCUT2D eigenvalue weighted by molar-refractivity contribution is 0.290. The third-order valence-corrected chi connectivity index (χ3v) is 6.17. The quantitative estimate of drug-likeness (QED) is 0.239. The molecular weight excluding hydrogens is 538 g/mol. The Hall–Kier alpha value is -1.40. The van der Waals surface area contributed by atoms with Crippen LogP contribution in [0.5, 0.6) is 11.5 Å². The van der Waals surface area contributed by atoms with Gasteiger partial charge in [0.2, 0.25) is 0 Å². The van der Waals surface area contributed by atoms with E-state index < -0.39 is 0 Å². The first-order chi connectivity index (χ1) is 15.4. The Kier molecular flexibility index (Phi) is 21.4.